The lowest BCUT2D eigenvalue weighted by Crippen LogP contribution is -2.33. The molecular weight excluding hydrogens is 240 g/mol. The van der Waals surface area contributed by atoms with Gasteiger partial charge in [0.15, 0.2) is 0 Å². The van der Waals surface area contributed by atoms with Crippen LogP contribution < -0.4 is 5.73 Å². The first kappa shape index (κ1) is 12.5. The number of hydrogen-bond acceptors (Lipinski definition) is 3. The molecule has 0 radical (unpaired) electrons. The first-order valence-electron chi connectivity index (χ1n) is 6.90. The van der Waals surface area contributed by atoms with Crippen molar-refractivity contribution in [3.63, 3.8) is 0 Å². The van der Waals surface area contributed by atoms with Crippen LogP contribution in [0.1, 0.15) is 28.8 Å². The van der Waals surface area contributed by atoms with Gasteiger partial charge < -0.3 is 15.7 Å². The number of hydrogen-bond donors (Lipinski definition) is 2. The van der Waals surface area contributed by atoms with Gasteiger partial charge in [0.1, 0.15) is 5.75 Å². The number of likely N-dealkylation sites (tertiary alicyclic amines) is 1. The number of carbonyl (C=O) groups excluding carboxylic acids is 1. The molecule has 1 aliphatic heterocycles. The first-order chi connectivity index (χ1) is 9.06. The van der Waals surface area contributed by atoms with Crippen molar-refractivity contribution >= 4 is 5.91 Å². The molecule has 2 aliphatic rings. The van der Waals surface area contributed by atoms with Crippen LogP contribution in [0.3, 0.4) is 0 Å². The molecule has 3 atom stereocenters. The largest absolute Gasteiger partial charge is 0.507 e. The van der Waals surface area contributed by atoms with Gasteiger partial charge in [0.2, 0.25) is 0 Å². The third-order valence-corrected chi connectivity index (χ3v) is 4.58. The van der Waals surface area contributed by atoms with E-state index in [2.05, 4.69) is 0 Å². The number of aromatic hydroxyl groups is 1. The molecule has 3 unspecified atom stereocenters. The number of phenols is 1. The zero-order valence-electron chi connectivity index (χ0n) is 11.2. The second-order valence-corrected chi connectivity index (χ2v) is 5.90. The van der Waals surface area contributed by atoms with E-state index in [4.69, 9.17) is 5.73 Å². The van der Waals surface area contributed by atoms with Crippen LogP contribution in [0.2, 0.25) is 0 Å². The van der Waals surface area contributed by atoms with E-state index in [1.54, 1.807) is 18.2 Å². The Morgan fingerprint density at radius 3 is 2.89 bits per heavy atom. The molecular formula is C15H20N2O2. The summed E-state index contributed by atoms with van der Waals surface area (Å²) >= 11 is 0. The van der Waals surface area contributed by atoms with Crippen molar-refractivity contribution in [3.8, 4) is 5.75 Å². The van der Waals surface area contributed by atoms with Gasteiger partial charge in [-0.3, -0.25) is 4.79 Å². The third-order valence-electron chi connectivity index (χ3n) is 4.58. The number of fused-ring (bicyclic) bond motifs is 1. The van der Waals surface area contributed by atoms with Crippen LogP contribution in [0.4, 0.5) is 0 Å². The van der Waals surface area contributed by atoms with E-state index < -0.39 is 0 Å². The van der Waals surface area contributed by atoms with Crippen LogP contribution in [-0.2, 0) is 0 Å². The summed E-state index contributed by atoms with van der Waals surface area (Å²) in [6.45, 7) is 3.44. The molecule has 1 heterocycles. The first-order valence-corrected chi connectivity index (χ1v) is 6.90. The highest BCUT2D eigenvalue weighted by atomic mass is 16.3. The summed E-state index contributed by atoms with van der Waals surface area (Å²) in [5, 5.41) is 9.85. The predicted octanol–water partition coefficient (Wildman–Crippen LogP) is 1.51. The van der Waals surface area contributed by atoms with E-state index in [0.29, 0.717) is 17.4 Å². The fraction of sp³-hybridized carbons (Fsp3) is 0.533. The Morgan fingerprint density at radius 2 is 2.16 bits per heavy atom. The zero-order valence-corrected chi connectivity index (χ0v) is 11.2. The zero-order chi connectivity index (χ0) is 13.6. The standard InChI is InChI=1S/C15H20N2O2/c1-9-2-5-14(18)11(6-9)15(19)17-7-10-3-4-13(16)12(10)8-17/h2,5-6,10,12-13,18H,3-4,7-8,16H2,1H3. The number of rotatable bonds is 1. The quantitative estimate of drug-likeness (QED) is 0.804. The van der Waals surface area contributed by atoms with E-state index in [1.165, 1.54) is 0 Å². The molecule has 1 aromatic carbocycles. The van der Waals surface area contributed by atoms with Crippen molar-refractivity contribution < 1.29 is 9.90 Å². The van der Waals surface area contributed by atoms with Crippen molar-refractivity contribution in [3.05, 3.63) is 29.3 Å². The van der Waals surface area contributed by atoms with Crippen LogP contribution in [0.25, 0.3) is 0 Å². The third kappa shape index (κ3) is 2.10. The van der Waals surface area contributed by atoms with Gasteiger partial charge in [-0.2, -0.15) is 0 Å². The van der Waals surface area contributed by atoms with Gasteiger partial charge in [0.25, 0.3) is 5.91 Å². The summed E-state index contributed by atoms with van der Waals surface area (Å²) in [6, 6.07) is 5.38. The minimum absolute atomic E-state index is 0.0666. The smallest absolute Gasteiger partial charge is 0.257 e. The molecule has 1 saturated heterocycles. The Hall–Kier alpha value is -1.55. The number of nitrogens with two attached hydrogens (primary N) is 1. The molecule has 1 amide bonds. The minimum Gasteiger partial charge on any atom is -0.507 e. The van der Waals surface area contributed by atoms with Gasteiger partial charge in [-0.05, 0) is 43.7 Å². The van der Waals surface area contributed by atoms with Crippen LogP contribution in [0.5, 0.6) is 5.75 Å². The van der Waals surface area contributed by atoms with E-state index in [1.807, 2.05) is 11.8 Å². The summed E-state index contributed by atoms with van der Waals surface area (Å²) in [6.07, 6.45) is 2.20. The lowest BCUT2D eigenvalue weighted by molar-refractivity contribution is 0.0776. The molecule has 1 aromatic rings. The fourth-order valence-corrected chi connectivity index (χ4v) is 3.46. The second-order valence-electron chi connectivity index (χ2n) is 5.90. The van der Waals surface area contributed by atoms with E-state index in [9.17, 15) is 9.90 Å². The van der Waals surface area contributed by atoms with Crippen molar-refractivity contribution in [2.75, 3.05) is 13.1 Å². The Balaban J connectivity index is 1.80. The molecule has 2 fully saturated rings. The summed E-state index contributed by atoms with van der Waals surface area (Å²) < 4.78 is 0. The lowest BCUT2D eigenvalue weighted by atomic mass is 9.98. The van der Waals surface area contributed by atoms with Crippen LogP contribution in [0, 0.1) is 18.8 Å². The maximum Gasteiger partial charge on any atom is 0.257 e. The van der Waals surface area contributed by atoms with Gasteiger partial charge in [-0.15, -0.1) is 0 Å². The molecule has 19 heavy (non-hydrogen) atoms. The molecule has 0 bridgehead atoms. The molecule has 0 aromatic heterocycles. The summed E-state index contributed by atoms with van der Waals surface area (Å²) in [4.78, 5) is 14.3. The Labute approximate surface area is 113 Å². The predicted molar refractivity (Wildman–Crippen MR) is 72.9 cm³/mol. The Bertz CT molecular complexity index is 515. The van der Waals surface area contributed by atoms with Crippen LogP contribution >= 0.6 is 0 Å². The molecule has 1 saturated carbocycles. The molecule has 1 aliphatic carbocycles. The van der Waals surface area contributed by atoms with Gasteiger partial charge in [-0.1, -0.05) is 11.6 Å². The van der Waals surface area contributed by atoms with Crippen molar-refractivity contribution in [1.29, 1.82) is 0 Å². The van der Waals surface area contributed by atoms with E-state index in [-0.39, 0.29) is 17.7 Å². The maximum absolute atomic E-state index is 12.5. The number of amides is 1. The van der Waals surface area contributed by atoms with Crippen molar-refractivity contribution in [1.82, 2.24) is 4.90 Å². The number of aryl methyl sites for hydroxylation is 1. The van der Waals surface area contributed by atoms with Crippen LogP contribution in [-0.4, -0.2) is 35.0 Å². The van der Waals surface area contributed by atoms with Gasteiger partial charge in [-0.25, -0.2) is 0 Å². The monoisotopic (exact) mass is 260 g/mol. The summed E-state index contributed by atoms with van der Waals surface area (Å²) in [7, 11) is 0. The average molecular weight is 260 g/mol. The maximum atomic E-state index is 12.5. The molecule has 4 nitrogen and oxygen atoms in total. The number of phenolic OH excluding ortho intramolecular Hbond substituents is 1. The fourth-order valence-electron chi connectivity index (χ4n) is 3.46. The highest BCUT2D eigenvalue weighted by Gasteiger charge is 2.42. The van der Waals surface area contributed by atoms with Crippen LogP contribution in [0.15, 0.2) is 18.2 Å². The average Bonchev–Trinajstić information content (AvgIpc) is 2.94. The van der Waals surface area contributed by atoms with Gasteiger partial charge in [0.05, 0.1) is 5.56 Å². The van der Waals surface area contributed by atoms with E-state index in [0.717, 1.165) is 31.5 Å². The van der Waals surface area contributed by atoms with E-state index >= 15 is 0 Å². The molecule has 4 heteroatoms. The van der Waals surface area contributed by atoms with Gasteiger partial charge in [0, 0.05) is 19.1 Å². The van der Waals surface area contributed by atoms with Crippen molar-refractivity contribution in [2.45, 2.75) is 25.8 Å². The highest BCUT2D eigenvalue weighted by Crippen LogP contribution is 2.38. The lowest BCUT2D eigenvalue weighted by Gasteiger charge is -2.19. The molecule has 102 valence electrons. The Morgan fingerprint density at radius 1 is 1.37 bits per heavy atom. The molecule has 3 N–H and O–H groups in total. The number of benzene rings is 1. The number of carbonyl (C=O) groups is 1. The molecule has 3 rings (SSSR count). The summed E-state index contributed by atoms with van der Waals surface area (Å²) in [5.41, 5.74) is 7.48. The minimum atomic E-state index is -0.0669. The SMILES string of the molecule is Cc1ccc(O)c(C(=O)N2CC3CCC(N)C3C2)c1. The number of nitrogens with zero attached hydrogens (tertiary/aromatic N) is 1. The second kappa shape index (κ2) is 4.53. The normalized spacial score (nSPS) is 29.6. The van der Waals surface area contributed by atoms with Gasteiger partial charge >= 0.3 is 0 Å². The topological polar surface area (TPSA) is 66.6 Å². The molecule has 0 spiro atoms. The summed E-state index contributed by atoms with van der Waals surface area (Å²) in [5.74, 6) is 0.988. The highest BCUT2D eigenvalue weighted by molar-refractivity contribution is 5.97. The van der Waals surface area contributed by atoms with Crippen molar-refractivity contribution in [2.24, 2.45) is 17.6 Å². The Kier molecular flexibility index (Phi) is 2.97.